The van der Waals surface area contributed by atoms with Crippen molar-refractivity contribution in [1.29, 1.82) is 0 Å². The molecule has 0 N–H and O–H groups in total. The van der Waals surface area contributed by atoms with Crippen LogP contribution >= 0.6 is 24.1 Å². The van der Waals surface area contributed by atoms with E-state index >= 15 is 0 Å². The Hall–Kier alpha value is -2.46. The first-order valence-corrected chi connectivity index (χ1v) is 10.2. The van der Waals surface area contributed by atoms with Crippen molar-refractivity contribution in [3.63, 3.8) is 0 Å². The first kappa shape index (κ1) is 17.9. The van der Waals surface area contributed by atoms with Crippen molar-refractivity contribution < 1.29 is 3.63 Å². The summed E-state index contributed by atoms with van der Waals surface area (Å²) >= 11 is 2.77. The second kappa shape index (κ2) is 8.96. The molecule has 4 rings (SSSR count). The Labute approximate surface area is 168 Å². The van der Waals surface area contributed by atoms with Crippen LogP contribution in [-0.4, -0.2) is 0 Å². The Morgan fingerprint density at radius 2 is 0.704 bits per heavy atom. The average molecular weight is 387 g/mol. The van der Waals surface area contributed by atoms with E-state index in [2.05, 4.69) is 97.1 Å². The largest absolute Gasteiger partial charge is 0.237 e. The third-order valence-corrected chi connectivity index (χ3v) is 5.66. The van der Waals surface area contributed by atoms with E-state index in [1.54, 1.807) is 0 Å². The molecule has 4 aromatic rings. The fraction of sp³-hybridized carbons (Fsp3) is 0. The summed E-state index contributed by atoms with van der Waals surface area (Å²) in [6.07, 6.45) is 0. The average Bonchev–Trinajstić information content (AvgIpc) is 2.76. The summed E-state index contributed by atoms with van der Waals surface area (Å²) in [7, 11) is 0. The van der Waals surface area contributed by atoms with E-state index in [1.165, 1.54) is 46.3 Å². The summed E-state index contributed by atoms with van der Waals surface area (Å²) in [6.45, 7) is 0. The van der Waals surface area contributed by atoms with Crippen molar-refractivity contribution in [2.45, 2.75) is 9.79 Å². The third-order valence-electron chi connectivity index (χ3n) is 4.18. The van der Waals surface area contributed by atoms with Gasteiger partial charge >= 0.3 is 0 Å². The van der Waals surface area contributed by atoms with Gasteiger partial charge in [0.15, 0.2) is 0 Å². The molecule has 4 aromatic carbocycles. The van der Waals surface area contributed by atoms with E-state index in [0.29, 0.717) is 0 Å². The molecule has 0 saturated heterocycles. The molecule has 0 aromatic heterocycles. The van der Waals surface area contributed by atoms with Crippen LogP contribution in [0, 0.1) is 0 Å². The molecule has 0 spiro atoms. The molecular formula is C24H18OS2. The highest BCUT2D eigenvalue weighted by Gasteiger charge is 2.02. The molecule has 0 heterocycles. The predicted octanol–water partition coefficient (Wildman–Crippen LogP) is 7.75. The van der Waals surface area contributed by atoms with E-state index in [1.807, 2.05) is 12.1 Å². The molecule has 0 saturated carbocycles. The molecule has 27 heavy (non-hydrogen) atoms. The Bertz CT molecular complexity index is 883. The summed E-state index contributed by atoms with van der Waals surface area (Å²) < 4.78 is 5.73. The van der Waals surface area contributed by atoms with Gasteiger partial charge in [0, 0.05) is 33.9 Å². The molecule has 0 amide bonds. The summed E-state index contributed by atoms with van der Waals surface area (Å²) in [5.41, 5.74) is 4.87. The molecule has 0 bridgehead atoms. The maximum absolute atomic E-state index is 5.73. The molecule has 0 fully saturated rings. The van der Waals surface area contributed by atoms with Gasteiger partial charge in [0.1, 0.15) is 0 Å². The lowest BCUT2D eigenvalue weighted by Crippen LogP contribution is -1.79. The van der Waals surface area contributed by atoms with E-state index in [4.69, 9.17) is 3.63 Å². The van der Waals surface area contributed by atoms with Crippen molar-refractivity contribution in [2.75, 3.05) is 0 Å². The van der Waals surface area contributed by atoms with Gasteiger partial charge in [-0.2, -0.15) is 0 Å². The Morgan fingerprint density at radius 3 is 1.07 bits per heavy atom. The molecule has 0 aliphatic heterocycles. The van der Waals surface area contributed by atoms with E-state index in [0.717, 1.165) is 9.79 Å². The SMILES string of the molecule is c1ccc(-c2ccc(SOSc3ccc(-c4ccccc4)cc3)cc2)cc1. The van der Waals surface area contributed by atoms with Crippen molar-refractivity contribution in [3.05, 3.63) is 109 Å². The smallest absolute Gasteiger partial charge is 0.0447 e. The molecule has 0 atom stereocenters. The normalized spacial score (nSPS) is 10.7. The van der Waals surface area contributed by atoms with E-state index in [9.17, 15) is 0 Å². The predicted molar refractivity (Wildman–Crippen MR) is 117 cm³/mol. The van der Waals surface area contributed by atoms with Crippen LogP contribution in [0.2, 0.25) is 0 Å². The van der Waals surface area contributed by atoms with Gasteiger partial charge in [-0.3, -0.25) is 0 Å². The van der Waals surface area contributed by atoms with Gasteiger partial charge in [-0.1, -0.05) is 84.9 Å². The number of hydrogen-bond donors (Lipinski definition) is 0. The van der Waals surface area contributed by atoms with Crippen LogP contribution < -0.4 is 0 Å². The fourth-order valence-corrected chi connectivity index (χ4v) is 4.02. The molecule has 0 aliphatic carbocycles. The van der Waals surface area contributed by atoms with Gasteiger partial charge in [0.2, 0.25) is 0 Å². The highest BCUT2D eigenvalue weighted by atomic mass is 32.2. The van der Waals surface area contributed by atoms with Gasteiger partial charge < -0.3 is 0 Å². The van der Waals surface area contributed by atoms with Gasteiger partial charge in [0.25, 0.3) is 0 Å². The minimum Gasteiger partial charge on any atom is -0.237 e. The molecule has 0 aliphatic rings. The van der Waals surface area contributed by atoms with Crippen LogP contribution in [0.4, 0.5) is 0 Å². The van der Waals surface area contributed by atoms with Crippen molar-refractivity contribution in [2.24, 2.45) is 0 Å². The minimum atomic E-state index is 1.09. The van der Waals surface area contributed by atoms with Crippen LogP contribution in [0.15, 0.2) is 119 Å². The van der Waals surface area contributed by atoms with Crippen molar-refractivity contribution in [3.8, 4) is 22.3 Å². The Kier molecular flexibility index (Phi) is 5.95. The first-order chi connectivity index (χ1) is 13.4. The molecule has 132 valence electrons. The Morgan fingerprint density at radius 1 is 0.370 bits per heavy atom. The molecular weight excluding hydrogens is 368 g/mol. The maximum atomic E-state index is 5.73. The lowest BCUT2D eigenvalue weighted by atomic mass is 10.1. The van der Waals surface area contributed by atoms with Crippen LogP contribution in [0.3, 0.4) is 0 Å². The molecule has 0 unspecified atom stereocenters. The van der Waals surface area contributed by atoms with Crippen LogP contribution in [0.25, 0.3) is 22.3 Å². The zero-order valence-electron chi connectivity index (χ0n) is 14.6. The van der Waals surface area contributed by atoms with Gasteiger partial charge in [-0.25, -0.2) is 3.63 Å². The second-order valence-corrected chi connectivity index (χ2v) is 7.84. The van der Waals surface area contributed by atoms with Gasteiger partial charge in [-0.15, -0.1) is 0 Å². The fourth-order valence-electron chi connectivity index (χ4n) is 2.76. The first-order valence-electron chi connectivity index (χ1n) is 8.71. The quantitative estimate of drug-likeness (QED) is 0.313. The summed E-state index contributed by atoms with van der Waals surface area (Å²) in [5.74, 6) is 0. The summed E-state index contributed by atoms with van der Waals surface area (Å²) in [5, 5.41) is 0. The summed E-state index contributed by atoms with van der Waals surface area (Å²) in [6, 6.07) is 37.6. The maximum Gasteiger partial charge on any atom is 0.0447 e. The van der Waals surface area contributed by atoms with Crippen LogP contribution in [0.1, 0.15) is 0 Å². The van der Waals surface area contributed by atoms with E-state index in [-0.39, 0.29) is 0 Å². The summed E-state index contributed by atoms with van der Waals surface area (Å²) in [4.78, 5) is 2.17. The van der Waals surface area contributed by atoms with Crippen molar-refractivity contribution >= 4 is 24.1 Å². The highest BCUT2D eigenvalue weighted by Crippen LogP contribution is 2.32. The lowest BCUT2D eigenvalue weighted by molar-refractivity contribution is 0.757. The monoisotopic (exact) mass is 386 g/mol. The topological polar surface area (TPSA) is 9.23 Å². The molecule has 0 radical (unpaired) electrons. The standard InChI is InChI=1S/C24H18OS2/c1-3-7-19(8-4-1)21-11-15-23(16-12-21)26-25-27-24-17-13-22(14-18-24)20-9-5-2-6-10-20/h1-18H. The number of benzene rings is 4. The minimum absolute atomic E-state index is 1.09. The van der Waals surface area contributed by atoms with E-state index < -0.39 is 0 Å². The zero-order chi connectivity index (χ0) is 18.3. The van der Waals surface area contributed by atoms with Crippen molar-refractivity contribution in [1.82, 2.24) is 0 Å². The van der Waals surface area contributed by atoms with Gasteiger partial charge in [-0.05, 0) is 46.5 Å². The lowest BCUT2D eigenvalue weighted by Gasteiger charge is -2.05. The van der Waals surface area contributed by atoms with Crippen LogP contribution in [-0.2, 0) is 3.63 Å². The third kappa shape index (κ3) is 4.83. The highest BCUT2D eigenvalue weighted by molar-refractivity contribution is 8.07. The second-order valence-electron chi connectivity index (χ2n) is 6.02. The number of rotatable bonds is 6. The van der Waals surface area contributed by atoms with Crippen LogP contribution in [0.5, 0.6) is 0 Å². The molecule has 1 nitrogen and oxygen atoms in total. The Balaban J connectivity index is 1.32. The van der Waals surface area contributed by atoms with Gasteiger partial charge in [0.05, 0.1) is 0 Å². The zero-order valence-corrected chi connectivity index (χ0v) is 16.3. The number of hydrogen-bond acceptors (Lipinski definition) is 3. The molecule has 3 heteroatoms.